The first-order chi connectivity index (χ1) is 13.7. The van der Waals surface area contributed by atoms with Gasteiger partial charge in [0.25, 0.3) is 0 Å². The molecule has 1 aromatic heterocycles. The minimum Gasteiger partial charge on any atom is -0.274 e. The van der Waals surface area contributed by atoms with Gasteiger partial charge in [-0.3, -0.25) is 4.68 Å². The third-order valence-electron chi connectivity index (χ3n) is 6.21. The fraction of sp³-hybridized carbons (Fsp3) is 0.550. The zero-order valence-corrected chi connectivity index (χ0v) is 17.0. The number of sulfonamides is 1. The number of nitrogens with zero attached hydrogens (tertiary/aromatic N) is 3. The van der Waals surface area contributed by atoms with Crippen molar-refractivity contribution in [2.75, 3.05) is 6.54 Å². The quantitative estimate of drug-likeness (QED) is 0.739. The Labute approximate surface area is 168 Å². The van der Waals surface area contributed by atoms with Crippen LogP contribution in [0.15, 0.2) is 41.4 Å². The van der Waals surface area contributed by atoms with Gasteiger partial charge in [-0.05, 0) is 36.7 Å². The van der Waals surface area contributed by atoms with Gasteiger partial charge in [-0.1, -0.05) is 43.2 Å². The zero-order valence-electron chi connectivity index (χ0n) is 16.1. The van der Waals surface area contributed by atoms with Crippen LogP contribution in [0.3, 0.4) is 0 Å². The molecule has 1 aliphatic carbocycles. The molecule has 1 saturated heterocycles. The molecule has 2 fully saturated rings. The minimum atomic E-state index is -4.82. The van der Waals surface area contributed by atoms with E-state index in [0.29, 0.717) is 12.8 Å². The lowest BCUT2D eigenvalue weighted by Gasteiger charge is -2.47. The third kappa shape index (κ3) is 3.70. The van der Waals surface area contributed by atoms with Crippen molar-refractivity contribution in [2.45, 2.75) is 55.1 Å². The van der Waals surface area contributed by atoms with Crippen molar-refractivity contribution >= 4 is 10.0 Å². The van der Waals surface area contributed by atoms with Crippen molar-refractivity contribution in [3.05, 3.63) is 47.8 Å². The molecule has 4 rings (SSSR count). The van der Waals surface area contributed by atoms with Crippen LogP contribution < -0.4 is 0 Å². The largest absolute Gasteiger partial charge is 0.436 e. The van der Waals surface area contributed by atoms with Gasteiger partial charge in [-0.25, -0.2) is 8.42 Å². The molecule has 0 bridgehead atoms. The Morgan fingerprint density at radius 3 is 2.45 bits per heavy atom. The molecule has 0 N–H and O–H groups in total. The molecule has 0 amide bonds. The lowest BCUT2D eigenvalue weighted by molar-refractivity contribution is -0.143. The first kappa shape index (κ1) is 20.4. The van der Waals surface area contributed by atoms with E-state index in [2.05, 4.69) is 17.2 Å². The fourth-order valence-corrected chi connectivity index (χ4v) is 6.91. The van der Waals surface area contributed by atoms with E-state index in [9.17, 15) is 21.6 Å². The van der Waals surface area contributed by atoms with Crippen LogP contribution in [0.5, 0.6) is 0 Å². The Morgan fingerprint density at radius 1 is 1.07 bits per heavy atom. The van der Waals surface area contributed by atoms with E-state index >= 15 is 0 Å². The van der Waals surface area contributed by atoms with E-state index in [1.807, 2.05) is 18.2 Å². The van der Waals surface area contributed by atoms with Gasteiger partial charge in [-0.15, -0.1) is 0 Å². The van der Waals surface area contributed by atoms with Crippen LogP contribution >= 0.6 is 0 Å². The average molecular weight is 427 g/mol. The summed E-state index contributed by atoms with van der Waals surface area (Å²) in [5.74, 6) is 0.338. The molecular formula is C20H24F3N3O2S. The number of piperidine rings is 1. The van der Waals surface area contributed by atoms with Crippen LogP contribution in [0.4, 0.5) is 13.2 Å². The predicted octanol–water partition coefficient (Wildman–Crippen LogP) is 4.18. The van der Waals surface area contributed by atoms with Gasteiger partial charge in [0, 0.05) is 25.8 Å². The summed E-state index contributed by atoms with van der Waals surface area (Å²) >= 11 is 0. The Kier molecular flexibility index (Phi) is 5.23. The smallest absolute Gasteiger partial charge is 0.274 e. The molecule has 2 heterocycles. The van der Waals surface area contributed by atoms with Crippen molar-refractivity contribution < 1.29 is 21.6 Å². The molecule has 1 saturated carbocycles. The molecular weight excluding hydrogens is 403 g/mol. The predicted molar refractivity (Wildman–Crippen MR) is 102 cm³/mol. The van der Waals surface area contributed by atoms with E-state index in [1.165, 1.54) is 16.9 Å². The molecule has 0 unspecified atom stereocenters. The number of halogens is 3. The highest BCUT2D eigenvalue weighted by atomic mass is 32.2. The van der Waals surface area contributed by atoms with Crippen molar-refractivity contribution in [1.82, 2.24) is 14.1 Å². The highest BCUT2D eigenvalue weighted by molar-refractivity contribution is 7.89. The molecule has 1 aliphatic heterocycles. The third-order valence-corrected chi connectivity index (χ3v) is 8.13. The summed E-state index contributed by atoms with van der Waals surface area (Å²) in [6.45, 7) is 0.218. The molecule has 0 spiro atoms. The number of aromatic nitrogens is 2. The van der Waals surface area contributed by atoms with Gasteiger partial charge in [0.2, 0.25) is 10.0 Å². The number of alkyl halides is 3. The standard InChI is InChI=1S/C20H24F3N3O2S/c1-25-13-18(19(24-25)20(21,22)23)29(27,28)26-12-11-15(14-7-3-2-4-8-14)16-9-5-6-10-17(16)26/h2-4,7-8,13,15-17H,5-6,9-12H2,1H3/t15-,16-,17-/m1/s1. The Bertz CT molecular complexity index is 973. The molecule has 29 heavy (non-hydrogen) atoms. The summed E-state index contributed by atoms with van der Waals surface area (Å²) < 4.78 is 69.2. The van der Waals surface area contributed by atoms with Crippen molar-refractivity contribution in [3.63, 3.8) is 0 Å². The second-order valence-corrected chi connectivity index (χ2v) is 9.81. The SMILES string of the molecule is Cn1cc(S(=O)(=O)N2CC[C@H](c3ccccc3)[C@H]3CCCC[C@H]32)c(C(F)(F)F)n1. The lowest BCUT2D eigenvalue weighted by atomic mass is 9.70. The van der Waals surface area contributed by atoms with Gasteiger partial charge in [0.05, 0.1) is 0 Å². The van der Waals surface area contributed by atoms with E-state index < -0.39 is 26.8 Å². The van der Waals surface area contributed by atoms with Crippen LogP contribution in [-0.4, -0.2) is 35.1 Å². The molecule has 5 nitrogen and oxygen atoms in total. The van der Waals surface area contributed by atoms with E-state index in [1.54, 1.807) is 0 Å². The van der Waals surface area contributed by atoms with Crippen LogP contribution in [0.2, 0.25) is 0 Å². The van der Waals surface area contributed by atoms with Gasteiger partial charge in [0.15, 0.2) is 5.69 Å². The first-order valence-corrected chi connectivity index (χ1v) is 11.3. The second-order valence-electron chi connectivity index (χ2n) is 7.95. The number of hydrogen-bond acceptors (Lipinski definition) is 3. The topological polar surface area (TPSA) is 55.2 Å². The summed E-state index contributed by atoms with van der Waals surface area (Å²) in [6.07, 6.45) is 0.209. The molecule has 3 atom stereocenters. The lowest BCUT2D eigenvalue weighted by Crippen LogP contribution is -2.52. The van der Waals surface area contributed by atoms with Gasteiger partial charge >= 0.3 is 6.18 Å². The summed E-state index contributed by atoms with van der Waals surface area (Å²) in [5, 5.41) is 3.40. The van der Waals surface area contributed by atoms with Gasteiger partial charge in [0.1, 0.15) is 4.90 Å². The number of benzene rings is 1. The van der Waals surface area contributed by atoms with Crippen LogP contribution in [0.1, 0.15) is 49.3 Å². The molecule has 2 aliphatic rings. The maximum Gasteiger partial charge on any atom is 0.436 e. The normalized spacial score (nSPS) is 26.3. The molecule has 0 radical (unpaired) electrons. The summed E-state index contributed by atoms with van der Waals surface area (Å²) in [7, 11) is -3.00. The molecule has 158 valence electrons. The zero-order chi connectivity index (χ0) is 20.8. The fourth-order valence-electron chi connectivity index (χ4n) is 5.00. The van der Waals surface area contributed by atoms with Crippen LogP contribution in [-0.2, 0) is 23.2 Å². The minimum absolute atomic E-state index is 0.112. The highest BCUT2D eigenvalue weighted by Crippen LogP contribution is 2.46. The van der Waals surface area contributed by atoms with Crippen LogP contribution in [0.25, 0.3) is 0 Å². The summed E-state index contributed by atoms with van der Waals surface area (Å²) in [6, 6.07) is 9.73. The van der Waals surface area contributed by atoms with E-state index in [0.717, 1.165) is 30.1 Å². The molecule has 2 aromatic rings. The summed E-state index contributed by atoms with van der Waals surface area (Å²) in [5.41, 5.74) is -0.156. The van der Waals surface area contributed by atoms with Crippen molar-refractivity contribution in [2.24, 2.45) is 13.0 Å². The monoisotopic (exact) mass is 427 g/mol. The second kappa shape index (κ2) is 7.43. The van der Waals surface area contributed by atoms with Gasteiger partial charge in [-0.2, -0.15) is 22.6 Å². The summed E-state index contributed by atoms with van der Waals surface area (Å²) in [4.78, 5) is -0.741. The van der Waals surface area contributed by atoms with E-state index in [-0.39, 0.29) is 24.4 Å². The Balaban J connectivity index is 1.71. The van der Waals surface area contributed by atoms with Crippen molar-refractivity contribution in [3.8, 4) is 0 Å². The van der Waals surface area contributed by atoms with Gasteiger partial charge < -0.3 is 0 Å². The number of hydrogen-bond donors (Lipinski definition) is 0. The average Bonchev–Trinajstić information content (AvgIpc) is 3.11. The maximum absolute atomic E-state index is 13.4. The highest BCUT2D eigenvalue weighted by Gasteiger charge is 2.48. The van der Waals surface area contributed by atoms with Crippen LogP contribution in [0, 0.1) is 5.92 Å². The number of aryl methyl sites for hydroxylation is 1. The Morgan fingerprint density at radius 2 is 1.76 bits per heavy atom. The van der Waals surface area contributed by atoms with Crippen molar-refractivity contribution in [1.29, 1.82) is 0 Å². The Hall–Kier alpha value is -1.87. The first-order valence-electron chi connectivity index (χ1n) is 9.87. The number of fused-ring (bicyclic) bond motifs is 1. The van der Waals surface area contributed by atoms with E-state index in [4.69, 9.17) is 0 Å². The number of rotatable bonds is 3. The molecule has 9 heteroatoms. The maximum atomic E-state index is 13.4. The molecule has 1 aromatic carbocycles.